The fraction of sp³-hybridized carbons (Fsp3) is 0.438. The normalized spacial score (nSPS) is 10.6. The number of benzene rings is 1. The van der Waals surface area contributed by atoms with Crippen molar-refractivity contribution in [3.63, 3.8) is 0 Å². The molecule has 0 saturated heterocycles. The highest BCUT2D eigenvalue weighted by atomic mass is 16.5. The van der Waals surface area contributed by atoms with Crippen LogP contribution in [0.15, 0.2) is 28.8 Å². The SMILES string of the molecule is CCOc1ccc(CNCc2ncc(CC)o2)cc1OC. The Morgan fingerprint density at radius 1 is 1.19 bits per heavy atom. The number of aromatic nitrogens is 1. The first-order valence-electron chi connectivity index (χ1n) is 7.20. The highest BCUT2D eigenvalue weighted by Crippen LogP contribution is 2.27. The third-order valence-corrected chi connectivity index (χ3v) is 3.08. The summed E-state index contributed by atoms with van der Waals surface area (Å²) in [7, 11) is 1.65. The number of methoxy groups -OCH3 is 1. The minimum Gasteiger partial charge on any atom is -0.493 e. The topological polar surface area (TPSA) is 56.5 Å². The zero-order chi connectivity index (χ0) is 15.1. The van der Waals surface area contributed by atoms with Crippen LogP contribution in [0.1, 0.15) is 31.1 Å². The summed E-state index contributed by atoms with van der Waals surface area (Å²) in [6.07, 6.45) is 2.64. The smallest absolute Gasteiger partial charge is 0.208 e. The first kappa shape index (κ1) is 15.4. The van der Waals surface area contributed by atoms with Crippen molar-refractivity contribution in [1.82, 2.24) is 10.3 Å². The van der Waals surface area contributed by atoms with E-state index in [4.69, 9.17) is 13.9 Å². The number of rotatable bonds is 8. The molecular formula is C16H22N2O3. The van der Waals surface area contributed by atoms with E-state index in [0.717, 1.165) is 29.2 Å². The Morgan fingerprint density at radius 2 is 2.05 bits per heavy atom. The summed E-state index contributed by atoms with van der Waals surface area (Å²) in [6, 6.07) is 5.93. The van der Waals surface area contributed by atoms with Gasteiger partial charge in [-0.3, -0.25) is 0 Å². The van der Waals surface area contributed by atoms with E-state index in [9.17, 15) is 0 Å². The lowest BCUT2D eigenvalue weighted by atomic mass is 10.2. The lowest BCUT2D eigenvalue weighted by Crippen LogP contribution is -2.13. The molecule has 0 radical (unpaired) electrons. The summed E-state index contributed by atoms with van der Waals surface area (Å²) >= 11 is 0. The summed E-state index contributed by atoms with van der Waals surface area (Å²) in [5, 5.41) is 3.31. The Bertz CT molecular complexity index is 566. The van der Waals surface area contributed by atoms with E-state index < -0.39 is 0 Å². The predicted octanol–water partition coefficient (Wildman–Crippen LogP) is 2.93. The molecule has 2 rings (SSSR count). The van der Waals surface area contributed by atoms with E-state index in [-0.39, 0.29) is 0 Å². The van der Waals surface area contributed by atoms with Gasteiger partial charge in [-0.25, -0.2) is 4.98 Å². The molecular weight excluding hydrogens is 268 g/mol. The number of oxazole rings is 1. The molecule has 0 unspecified atom stereocenters. The van der Waals surface area contributed by atoms with Gasteiger partial charge in [-0.2, -0.15) is 0 Å². The van der Waals surface area contributed by atoms with Gasteiger partial charge in [0.05, 0.1) is 26.5 Å². The van der Waals surface area contributed by atoms with E-state index in [1.807, 2.05) is 32.0 Å². The molecule has 0 bridgehead atoms. The standard InChI is InChI=1S/C16H22N2O3/c1-4-13-10-18-16(21-13)11-17-9-12-6-7-14(20-5-2)15(8-12)19-3/h6-8,10,17H,4-5,9,11H2,1-3H3. The summed E-state index contributed by atoms with van der Waals surface area (Å²) in [5.74, 6) is 3.14. The molecule has 1 N–H and O–H groups in total. The van der Waals surface area contributed by atoms with E-state index in [1.165, 1.54) is 0 Å². The first-order valence-corrected chi connectivity index (χ1v) is 7.20. The number of nitrogens with zero attached hydrogens (tertiary/aromatic N) is 1. The van der Waals surface area contributed by atoms with Crippen molar-refractivity contribution in [3.05, 3.63) is 41.6 Å². The molecule has 1 aromatic carbocycles. The number of hydrogen-bond acceptors (Lipinski definition) is 5. The monoisotopic (exact) mass is 290 g/mol. The van der Waals surface area contributed by atoms with Crippen molar-refractivity contribution >= 4 is 0 Å². The molecule has 0 aliphatic rings. The summed E-state index contributed by atoms with van der Waals surface area (Å²) in [5.41, 5.74) is 1.12. The molecule has 0 fully saturated rings. The van der Waals surface area contributed by atoms with Gasteiger partial charge in [0.25, 0.3) is 0 Å². The van der Waals surface area contributed by atoms with Crippen LogP contribution in [0.25, 0.3) is 0 Å². The van der Waals surface area contributed by atoms with Crippen LogP contribution in [0.5, 0.6) is 11.5 Å². The molecule has 5 heteroatoms. The second-order valence-electron chi connectivity index (χ2n) is 4.60. The zero-order valence-corrected chi connectivity index (χ0v) is 12.8. The molecule has 0 atom stereocenters. The Kier molecular flexibility index (Phi) is 5.63. The Hall–Kier alpha value is -2.01. The van der Waals surface area contributed by atoms with Gasteiger partial charge in [0.2, 0.25) is 5.89 Å². The van der Waals surface area contributed by atoms with Crippen LogP contribution >= 0.6 is 0 Å². The molecule has 21 heavy (non-hydrogen) atoms. The van der Waals surface area contributed by atoms with Gasteiger partial charge in [0.15, 0.2) is 11.5 Å². The molecule has 0 amide bonds. The van der Waals surface area contributed by atoms with Crippen molar-refractivity contribution in [2.24, 2.45) is 0 Å². The van der Waals surface area contributed by atoms with Crippen LogP contribution in [0.4, 0.5) is 0 Å². The molecule has 0 aliphatic carbocycles. The summed E-state index contributed by atoms with van der Waals surface area (Å²) < 4.78 is 16.4. The van der Waals surface area contributed by atoms with Crippen LogP contribution in [0.2, 0.25) is 0 Å². The van der Waals surface area contributed by atoms with Crippen molar-refractivity contribution in [2.75, 3.05) is 13.7 Å². The van der Waals surface area contributed by atoms with Gasteiger partial charge in [-0.15, -0.1) is 0 Å². The Labute approximate surface area is 125 Å². The van der Waals surface area contributed by atoms with E-state index in [0.29, 0.717) is 25.6 Å². The maximum absolute atomic E-state index is 5.55. The van der Waals surface area contributed by atoms with E-state index in [1.54, 1.807) is 13.3 Å². The van der Waals surface area contributed by atoms with Gasteiger partial charge in [0.1, 0.15) is 5.76 Å². The fourth-order valence-electron chi connectivity index (χ4n) is 2.00. The summed E-state index contributed by atoms with van der Waals surface area (Å²) in [4.78, 5) is 4.22. The second-order valence-corrected chi connectivity index (χ2v) is 4.60. The maximum atomic E-state index is 5.55. The third kappa shape index (κ3) is 4.23. The third-order valence-electron chi connectivity index (χ3n) is 3.08. The van der Waals surface area contributed by atoms with E-state index >= 15 is 0 Å². The number of nitrogens with one attached hydrogen (secondary N) is 1. The van der Waals surface area contributed by atoms with E-state index in [2.05, 4.69) is 10.3 Å². The number of ether oxygens (including phenoxy) is 2. The second kappa shape index (κ2) is 7.69. The minimum atomic E-state index is 0.607. The fourth-order valence-corrected chi connectivity index (χ4v) is 2.00. The Balaban J connectivity index is 1.90. The quantitative estimate of drug-likeness (QED) is 0.810. The van der Waals surface area contributed by atoms with Crippen molar-refractivity contribution in [1.29, 1.82) is 0 Å². The first-order chi connectivity index (χ1) is 10.3. The average Bonchev–Trinajstić information content (AvgIpc) is 2.97. The van der Waals surface area contributed by atoms with Crippen LogP contribution < -0.4 is 14.8 Å². The van der Waals surface area contributed by atoms with Gasteiger partial charge < -0.3 is 19.2 Å². The number of hydrogen-bond donors (Lipinski definition) is 1. The average molecular weight is 290 g/mol. The largest absolute Gasteiger partial charge is 0.493 e. The van der Waals surface area contributed by atoms with Gasteiger partial charge in [0, 0.05) is 13.0 Å². The van der Waals surface area contributed by atoms with Gasteiger partial charge in [-0.1, -0.05) is 13.0 Å². The van der Waals surface area contributed by atoms with Gasteiger partial charge in [-0.05, 0) is 24.6 Å². The molecule has 5 nitrogen and oxygen atoms in total. The molecule has 1 aromatic heterocycles. The highest BCUT2D eigenvalue weighted by molar-refractivity contribution is 5.42. The molecule has 0 saturated carbocycles. The minimum absolute atomic E-state index is 0.607. The van der Waals surface area contributed by atoms with Crippen LogP contribution in [-0.2, 0) is 19.5 Å². The lowest BCUT2D eigenvalue weighted by Gasteiger charge is -2.11. The van der Waals surface area contributed by atoms with Gasteiger partial charge >= 0.3 is 0 Å². The van der Waals surface area contributed by atoms with Crippen molar-refractivity contribution in [3.8, 4) is 11.5 Å². The van der Waals surface area contributed by atoms with Crippen LogP contribution in [0, 0.1) is 0 Å². The van der Waals surface area contributed by atoms with Crippen LogP contribution in [0.3, 0.4) is 0 Å². The van der Waals surface area contributed by atoms with Crippen molar-refractivity contribution in [2.45, 2.75) is 33.4 Å². The predicted molar refractivity (Wildman–Crippen MR) is 80.6 cm³/mol. The van der Waals surface area contributed by atoms with Crippen LogP contribution in [-0.4, -0.2) is 18.7 Å². The molecule has 1 heterocycles. The molecule has 114 valence electrons. The number of aryl methyl sites for hydroxylation is 1. The van der Waals surface area contributed by atoms with Crippen molar-refractivity contribution < 1.29 is 13.9 Å². The summed E-state index contributed by atoms with van der Waals surface area (Å²) in [6.45, 7) is 5.94. The lowest BCUT2D eigenvalue weighted by molar-refractivity contribution is 0.310. The molecule has 0 spiro atoms. The molecule has 2 aromatic rings. The zero-order valence-electron chi connectivity index (χ0n) is 12.8. The molecule has 0 aliphatic heterocycles. The highest BCUT2D eigenvalue weighted by Gasteiger charge is 2.06. The Morgan fingerprint density at radius 3 is 2.71 bits per heavy atom. The maximum Gasteiger partial charge on any atom is 0.208 e.